The highest BCUT2D eigenvalue weighted by Crippen LogP contribution is 2.31. The molecule has 1 aliphatic rings. The van der Waals surface area contributed by atoms with Crippen molar-refractivity contribution >= 4 is 27.5 Å². The number of halogens is 1. The molecule has 30 heavy (non-hydrogen) atoms. The fourth-order valence-electron chi connectivity index (χ4n) is 3.59. The molecule has 1 amide bonds. The van der Waals surface area contributed by atoms with Crippen LogP contribution in [0.5, 0.6) is 16.7 Å². The summed E-state index contributed by atoms with van der Waals surface area (Å²) in [4.78, 5) is 18.8. The number of carbonyl (C=O) groups excluding carboxylic acids is 1. The summed E-state index contributed by atoms with van der Waals surface area (Å²) < 4.78 is 31.1. The van der Waals surface area contributed by atoms with Crippen LogP contribution in [0.4, 0.5) is 4.39 Å². The second kappa shape index (κ2) is 8.87. The van der Waals surface area contributed by atoms with Crippen molar-refractivity contribution < 1.29 is 23.4 Å². The highest BCUT2D eigenvalue weighted by atomic mass is 32.1. The zero-order valence-electron chi connectivity index (χ0n) is 16.9. The van der Waals surface area contributed by atoms with E-state index in [0.29, 0.717) is 41.7 Å². The van der Waals surface area contributed by atoms with Gasteiger partial charge < -0.3 is 19.1 Å². The minimum atomic E-state index is -0.339. The van der Waals surface area contributed by atoms with Crippen LogP contribution in [0, 0.1) is 5.82 Å². The largest absolute Gasteiger partial charge is 0.493 e. The molecule has 8 heteroatoms. The molecule has 2 heterocycles. The van der Waals surface area contributed by atoms with Crippen molar-refractivity contribution in [2.24, 2.45) is 0 Å². The average molecular weight is 431 g/mol. The first-order valence-corrected chi connectivity index (χ1v) is 10.6. The van der Waals surface area contributed by atoms with Crippen LogP contribution in [0.25, 0.3) is 10.2 Å². The Morgan fingerprint density at radius 3 is 2.63 bits per heavy atom. The average Bonchev–Trinajstić information content (AvgIpc) is 3.18. The van der Waals surface area contributed by atoms with Crippen molar-refractivity contribution in [3.63, 3.8) is 0 Å². The molecule has 0 spiro atoms. The number of ether oxygens (including phenoxy) is 3. The molecule has 0 N–H and O–H groups in total. The lowest BCUT2D eigenvalue weighted by Gasteiger charge is -2.31. The molecule has 3 aromatic rings. The van der Waals surface area contributed by atoms with Crippen LogP contribution < -0.4 is 14.2 Å². The van der Waals surface area contributed by atoms with Gasteiger partial charge in [-0.05, 0) is 29.8 Å². The summed E-state index contributed by atoms with van der Waals surface area (Å²) in [6.45, 7) is 1.24. The van der Waals surface area contributed by atoms with E-state index in [2.05, 4.69) is 4.98 Å². The zero-order chi connectivity index (χ0) is 21.1. The van der Waals surface area contributed by atoms with Gasteiger partial charge in [-0.3, -0.25) is 4.79 Å². The number of hydrogen-bond acceptors (Lipinski definition) is 6. The number of thiazole rings is 1. The van der Waals surface area contributed by atoms with Crippen LogP contribution in [0.15, 0.2) is 36.4 Å². The minimum absolute atomic E-state index is 0.0289. The van der Waals surface area contributed by atoms with Gasteiger partial charge in [0.1, 0.15) is 17.4 Å². The Morgan fingerprint density at radius 2 is 1.93 bits per heavy atom. The smallest absolute Gasteiger partial charge is 0.274 e. The number of aromatic nitrogens is 1. The summed E-state index contributed by atoms with van der Waals surface area (Å²) >= 11 is 1.34. The molecule has 0 unspecified atom stereocenters. The van der Waals surface area contributed by atoms with Crippen molar-refractivity contribution in [2.75, 3.05) is 27.3 Å². The van der Waals surface area contributed by atoms with Crippen LogP contribution in [-0.2, 0) is 11.2 Å². The third-order valence-electron chi connectivity index (χ3n) is 5.22. The van der Waals surface area contributed by atoms with E-state index < -0.39 is 0 Å². The van der Waals surface area contributed by atoms with E-state index in [-0.39, 0.29) is 17.8 Å². The number of para-hydroxylation sites is 1. The molecule has 0 radical (unpaired) electrons. The number of benzene rings is 2. The highest BCUT2D eigenvalue weighted by Gasteiger charge is 2.25. The molecular formula is C22H23FN2O4S. The predicted molar refractivity (Wildman–Crippen MR) is 113 cm³/mol. The quantitative estimate of drug-likeness (QED) is 0.590. The van der Waals surface area contributed by atoms with Crippen LogP contribution in [0.2, 0.25) is 0 Å². The maximum absolute atomic E-state index is 13.8. The third-order valence-corrected chi connectivity index (χ3v) is 6.13. The number of hydrogen-bond donors (Lipinski definition) is 0. The second-order valence-electron chi connectivity index (χ2n) is 7.13. The Hall–Kier alpha value is -2.87. The van der Waals surface area contributed by atoms with Gasteiger partial charge in [-0.2, -0.15) is 4.98 Å². The van der Waals surface area contributed by atoms with Gasteiger partial charge in [0.25, 0.3) is 5.19 Å². The summed E-state index contributed by atoms with van der Waals surface area (Å²) in [6, 6.07) is 10.4. The summed E-state index contributed by atoms with van der Waals surface area (Å²) in [6.07, 6.45) is 1.72. The Morgan fingerprint density at radius 1 is 1.17 bits per heavy atom. The molecule has 158 valence electrons. The zero-order valence-corrected chi connectivity index (χ0v) is 17.7. The van der Waals surface area contributed by atoms with Gasteiger partial charge in [-0.25, -0.2) is 4.39 Å². The summed E-state index contributed by atoms with van der Waals surface area (Å²) in [5, 5.41) is 0.477. The van der Waals surface area contributed by atoms with Crippen molar-refractivity contribution in [3.05, 3.63) is 47.8 Å². The summed E-state index contributed by atoms with van der Waals surface area (Å²) in [5.41, 5.74) is 1.23. The Kier molecular flexibility index (Phi) is 6.03. The van der Waals surface area contributed by atoms with Gasteiger partial charge in [-0.1, -0.05) is 23.5 Å². The van der Waals surface area contributed by atoms with Crippen LogP contribution in [0.1, 0.15) is 18.4 Å². The van der Waals surface area contributed by atoms with Gasteiger partial charge in [0.2, 0.25) is 5.91 Å². The topological polar surface area (TPSA) is 60.9 Å². The van der Waals surface area contributed by atoms with Crippen molar-refractivity contribution in [1.29, 1.82) is 0 Å². The fraction of sp³-hybridized carbons (Fsp3) is 0.364. The third kappa shape index (κ3) is 4.33. The molecule has 1 aromatic heterocycles. The van der Waals surface area contributed by atoms with Gasteiger partial charge in [0.05, 0.1) is 25.3 Å². The lowest BCUT2D eigenvalue weighted by atomic mass is 10.1. The SMILES string of the molecule is COc1ccc(CC(=O)N2CCC(Oc3nc4c(F)cccc4s3)CC2)cc1OC. The first kappa shape index (κ1) is 20.4. The highest BCUT2D eigenvalue weighted by molar-refractivity contribution is 7.20. The lowest BCUT2D eigenvalue weighted by molar-refractivity contribution is -0.132. The lowest BCUT2D eigenvalue weighted by Crippen LogP contribution is -2.42. The molecule has 0 aliphatic carbocycles. The first-order valence-electron chi connectivity index (χ1n) is 9.77. The predicted octanol–water partition coefficient (Wildman–Crippen LogP) is 4.07. The second-order valence-corrected chi connectivity index (χ2v) is 8.12. The van der Waals surface area contributed by atoms with Gasteiger partial charge in [0, 0.05) is 25.9 Å². The maximum atomic E-state index is 13.8. The molecular weight excluding hydrogens is 407 g/mol. The number of methoxy groups -OCH3 is 2. The fourth-order valence-corrected chi connectivity index (χ4v) is 4.48. The van der Waals surface area contributed by atoms with Crippen LogP contribution in [0.3, 0.4) is 0 Å². The van der Waals surface area contributed by atoms with Gasteiger partial charge >= 0.3 is 0 Å². The number of nitrogens with zero attached hydrogens (tertiary/aromatic N) is 2. The Bertz CT molecular complexity index is 1050. The molecule has 2 aromatic carbocycles. The maximum Gasteiger partial charge on any atom is 0.274 e. The number of likely N-dealkylation sites (tertiary alicyclic amines) is 1. The minimum Gasteiger partial charge on any atom is -0.493 e. The molecule has 1 fully saturated rings. The Labute approximate surface area is 178 Å². The number of amides is 1. The van der Waals surface area contributed by atoms with Crippen LogP contribution in [-0.4, -0.2) is 49.2 Å². The van der Waals surface area contributed by atoms with Gasteiger partial charge in [0.15, 0.2) is 11.5 Å². The van der Waals surface area contributed by atoms with E-state index in [1.807, 2.05) is 29.2 Å². The van der Waals surface area contributed by atoms with Crippen molar-refractivity contribution in [3.8, 4) is 16.7 Å². The van der Waals surface area contributed by atoms with E-state index in [4.69, 9.17) is 14.2 Å². The normalized spacial score (nSPS) is 14.7. The van der Waals surface area contributed by atoms with E-state index >= 15 is 0 Å². The summed E-state index contributed by atoms with van der Waals surface area (Å²) in [7, 11) is 3.16. The van der Waals surface area contributed by atoms with E-state index in [9.17, 15) is 9.18 Å². The molecule has 1 saturated heterocycles. The molecule has 0 atom stereocenters. The number of carbonyl (C=O) groups is 1. The van der Waals surface area contributed by atoms with Crippen LogP contribution >= 0.6 is 11.3 Å². The van der Waals surface area contributed by atoms with Gasteiger partial charge in [-0.15, -0.1) is 0 Å². The standard InChI is InChI=1S/C22H23FN2O4S/c1-27-17-7-6-14(12-18(17)28-2)13-20(26)25-10-8-15(9-11-25)29-22-24-21-16(23)4-3-5-19(21)30-22/h3-7,12,15H,8-11,13H2,1-2H3. The first-order chi connectivity index (χ1) is 14.6. The number of fused-ring (bicyclic) bond motifs is 1. The molecule has 6 nitrogen and oxygen atoms in total. The number of rotatable bonds is 6. The molecule has 0 bridgehead atoms. The monoisotopic (exact) mass is 430 g/mol. The van der Waals surface area contributed by atoms with E-state index in [1.165, 1.54) is 17.4 Å². The Balaban J connectivity index is 1.32. The summed E-state index contributed by atoms with van der Waals surface area (Å²) in [5.74, 6) is 0.987. The van der Waals surface area contributed by atoms with Crippen molar-refractivity contribution in [2.45, 2.75) is 25.4 Å². The van der Waals surface area contributed by atoms with E-state index in [1.54, 1.807) is 20.3 Å². The number of piperidine rings is 1. The molecule has 0 saturated carbocycles. The molecule has 4 rings (SSSR count). The molecule has 1 aliphatic heterocycles. The van der Waals surface area contributed by atoms with E-state index in [0.717, 1.165) is 23.1 Å². The van der Waals surface area contributed by atoms with Crippen molar-refractivity contribution in [1.82, 2.24) is 9.88 Å².